The summed E-state index contributed by atoms with van der Waals surface area (Å²) in [4.78, 5) is 40.0. The largest absolute Gasteiger partial charge is 0.274 e. The summed E-state index contributed by atoms with van der Waals surface area (Å²) < 4.78 is 0. The van der Waals surface area contributed by atoms with Gasteiger partial charge >= 0.3 is 0 Å². The second-order valence-electron chi connectivity index (χ2n) is 7.61. The lowest BCUT2D eigenvalue weighted by Crippen LogP contribution is -2.50. The minimum absolute atomic E-state index is 0.0416. The Balaban J connectivity index is 1.74. The first kappa shape index (κ1) is 20.6. The van der Waals surface area contributed by atoms with Crippen LogP contribution in [0.4, 0.5) is 0 Å². The van der Waals surface area contributed by atoms with E-state index in [2.05, 4.69) is 0 Å². The summed E-state index contributed by atoms with van der Waals surface area (Å²) in [5.41, 5.74) is 0.969. The maximum absolute atomic E-state index is 13.5. The molecule has 3 amide bonds. The molecule has 2 aromatic carbocycles. The summed E-state index contributed by atoms with van der Waals surface area (Å²) >= 11 is 12.2. The van der Waals surface area contributed by atoms with E-state index in [-0.39, 0.29) is 34.9 Å². The van der Waals surface area contributed by atoms with Crippen molar-refractivity contribution in [2.24, 2.45) is 17.8 Å². The van der Waals surface area contributed by atoms with Crippen molar-refractivity contribution in [3.05, 3.63) is 81.9 Å². The monoisotopic (exact) mass is 442 g/mol. The van der Waals surface area contributed by atoms with Crippen LogP contribution in [-0.2, 0) is 16.1 Å². The van der Waals surface area contributed by atoms with Gasteiger partial charge in [0.05, 0.1) is 29.0 Å². The number of hydrogen-bond acceptors (Lipinski definition) is 3. The van der Waals surface area contributed by atoms with Crippen LogP contribution in [0.15, 0.2) is 60.7 Å². The van der Waals surface area contributed by atoms with Crippen molar-refractivity contribution in [3.8, 4) is 0 Å². The van der Waals surface area contributed by atoms with Gasteiger partial charge in [-0.25, -0.2) is 5.01 Å². The Bertz CT molecular complexity index is 1030. The molecule has 1 saturated heterocycles. The van der Waals surface area contributed by atoms with Gasteiger partial charge in [0.25, 0.3) is 17.7 Å². The van der Waals surface area contributed by atoms with Gasteiger partial charge < -0.3 is 0 Å². The fourth-order valence-electron chi connectivity index (χ4n) is 4.14. The molecule has 5 nitrogen and oxygen atoms in total. The number of rotatable bonds is 4. The predicted molar refractivity (Wildman–Crippen MR) is 115 cm³/mol. The zero-order valence-electron chi connectivity index (χ0n) is 16.3. The molecule has 0 aromatic heterocycles. The van der Waals surface area contributed by atoms with Gasteiger partial charge in [-0.15, -0.1) is 0 Å². The third-order valence-corrected chi connectivity index (χ3v) is 6.26. The third-order valence-electron chi connectivity index (χ3n) is 5.68. The fourth-order valence-corrected chi connectivity index (χ4v) is 4.48. The number of imide groups is 1. The summed E-state index contributed by atoms with van der Waals surface area (Å²) in [6.45, 7) is 1.96. The zero-order chi connectivity index (χ0) is 21.4. The molecule has 0 saturated carbocycles. The average molecular weight is 443 g/mol. The Morgan fingerprint density at radius 1 is 1.07 bits per heavy atom. The zero-order valence-corrected chi connectivity index (χ0v) is 17.8. The molecule has 1 heterocycles. The fraction of sp³-hybridized carbons (Fsp3) is 0.261. The molecule has 1 aliphatic heterocycles. The second-order valence-corrected chi connectivity index (χ2v) is 8.46. The summed E-state index contributed by atoms with van der Waals surface area (Å²) in [7, 11) is 0. The topological polar surface area (TPSA) is 57.7 Å². The van der Waals surface area contributed by atoms with E-state index >= 15 is 0 Å². The lowest BCUT2D eigenvalue weighted by atomic mass is 9.78. The SMILES string of the molecule is C[C@@H]1C=CC[C@H]2C(=O)N(N(Cc3ccc(Cl)cc3)C(=O)c3ccccc3Cl)C(=O)[C@H]12. The van der Waals surface area contributed by atoms with E-state index in [4.69, 9.17) is 23.2 Å². The first-order valence-electron chi connectivity index (χ1n) is 9.73. The van der Waals surface area contributed by atoms with Crippen molar-refractivity contribution in [1.29, 1.82) is 0 Å². The van der Waals surface area contributed by atoms with E-state index in [1.165, 1.54) is 5.01 Å². The molecule has 30 heavy (non-hydrogen) atoms. The molecular formula is C23H20Cl2N2O3. The highest BCUT2D eigenvalue weighted by molar-refractivity contribution is 6.34. The number of amides is 3. The van der Waals surface area contributed by atoms with Gasteiger partial charge in [-0.3, -0.25) is 14.4 Å². The van der Waals surface area contributed by atoms with Crippen LogP contribution in [-0.4, -0.2) is 27.7 Å². The predicted octanol–water partition coefficient (Wildman–Crippen LogP) is 4.75. The van der Waals surface area contributed by atoms with Crippen LogP contribution in [0, 0.1) is 17.8 Å². The van der Waals surface area contributed by atoms with Gasteiger partial charge in [0, 0.05) is 5.02 Å². The van der Waals surface area contributed by atoms with Crippen LogP contribution >= 0.6 is 23.2 Å². The average Bonchev–Trinajstić information content (AvgIpc) is 2.99. The normalized spacial score (nSPS) is 22.9. The molecule has 0 unspecified atom stereocenters. The minimum atomic E-state index is -0.503. The van der Waals surface area contributed by atoms with Crippen LogP contribution in [0.2, 0.25) is 10.0 Å². The number of halogens is 2. The van der Waals surface area contributed by atoms with E-state index in [0.29, 0.717) is 11.4 Å². The maximum Gasteiger partial charge on any atom is 0.274 e. The number of benzene rings is 2. The van der Waals surface area contributed by atoms with E-state index in [1.54, 1.807) is 48.5 Å². The van der Waals surface area contributed by atoms with Gasteiger partial charge in [0.1, 0.15) is 0 Å². The van der Waals surface area contributed by atoms with E-state index in [0.717, 1.165) is 10.6 Å². The summed E-state index contributed by atoms with van der Waals surface area (Å²) in [6.07, 6.45) is 4.38. The smallest absolute Gasteiger partial charge is 0.272 e. The Morgan fingerprint density at radius 3 is 2.43 bits per heavy atom. The first-order chi connectivity index (χ1) is 14.4. The van der Waals surface area contributed by atoms with Crippen molar-refractivity contribution in [2.45, 2.75) is 19.9 Å². The Kier molecular flexibility index (Phi) is 5.67. The van der Waals surface area contributed by atoms with Crippen molar-refractivity contribution < 1.29 is 14.4 Å². The number of hydrogen-bond donors (Lipinski definition) is 0. The van der Waals surface area contributed by atoms with Gasteiger partial charge in [-0.05, 0) is 42.2 Å². The second kappa shape index (κ2) is 8.25. The molecule has 1 fully saturated rings. The van der Waals surface area contributed by atoms with Crippen molar-refractivity contribution in [2.75, 3.05) is 0 Å². The third kappa shape index (κ3) is 3.64. The minimum Gasteiger partial charge on any atom is -0.272 e. The quantitative estimate of drug-likeness (QED) is 0.506. The molecule has 7 heteroatoms. The van der Waals surface area contributed by atoms with Gasteiger partial charge in [0.15, 0.2) is 0 Å². The Hall–Kier alpha value is -2.63. The van der Waals surface area contributed by atoms with Crippen molar-refractivity contribution >= 4 is 40.9 Å². The molecule has 0 spiro atoms. The standard InChI is InChI=1S/C23H20Cl2N2O3/c1-14-5-4-7-18-20(14)23(30)27(22(18)29)26(13-15-9-11-16(24)12-10-15)21(28)17-6-2-3-8-19(17)25/h2-6,8-12,14,18,20H,7,13H2,1H3/t14-,18-,20-/m1/s1. The van der Waals surface area contributed by atoms with Crippen LogP contribution in [0.3, 0.4) is 0 Å². The molecule has 0 radical (unpaired) electrons. The maximum atomic E-state index is 13.5. The number of carbonyl (C=O) groups is 3. The number of allylic oxidation sites excluding steroid dienone is 2. The number of nitrogens with zero attached hydrogens (tertiary/aromatic N) is 2. The molecular weight excluding hydrogens is 423 g/mol. The van der Waals surface area contributed by atoms with Crippen molar-refractivity contribution in [1.82, 2.24) is 10.0 Å². The van der Waals surface area contributed by atoms with E-state index in [1.807, 2.05) is 19.1 Å². The van der Waals surface area contributed by atoms with E-state index in [9.17, 15) is 14.4 Å². The molecule has 4 rings (SSSR count). The molecule has 0 N–H and O–H groups in total. The van der Waals surface area contributed by atoms with E-state index < -0.39 is 17.7 Å². The summed E-state index contributed by atoms with van der Waals surface area (Å²) in [5, 5.41) is 3.05. The summed E-state index contributed by atoms with van der Waals surface area (Å²) in [5.74, 6) is -2.19. The van der Waals surface area contributed by atoms with Gasteiger partial charge in [-0.2, -0.15) is 5.01 Å². The molecule has 2 aliphatic rings. The highest BCUT2D eigenvalue weighted by Gasteiger charge is 2.53. The highest BCUT2D eigenvalue weighted by Crippen LogP contribution is 2.39. The number of hydrazine groups is 1. The van der Waals surface area contributed by atoms with Crippen LogP contribution < -0.4 is 0 Å². The van der Waals surface area contributed by atoms with Crippen LogP contribution in [0.1, 0.15) is 29.3 Å². The molecule has 3 atom stereocenters. The molecule has 2 aromatic rings. The first-order valence-corrected chi connectivity index (χ1v) is 10.5. The van der Waals surface area contributed by atoms with Crippen LogP contribution in [0.5, 0.6) is 0 Å². The highest BCUT2D eigenvalue weighted by atomic mass is 35.5. The van der Waals surface area contributed by atoms with Gasteiger partial charge in [0.2, 0.25) is 0 Å². The Morgan fingerprint density at radius 2 is 1.77 bits per heavy atom. The number of fused-ring (bicyclic) bond motifs is 1. The lowest BCUT2D eigenvalue weighted by Gasteiger charge is -2.31. The lowest BCUT2D eigenvalue weighted by molar-refractivity contribution is -0.155. The number of carbonyl (C=O) groups excluding carboxylic acids is 3. The molecule has 0 bridgehead atoms. The van der Waals surface area contributed by atoms with Gasteiger partial charge in [-0.1, -0.05) is 66.5 Å². The van der Waals surface area contributed by atoms with Crippen molar-refractivity contribution in [3.63, 3.8) is 0 Å². The molecule has 154 valence electrons. The summed E-state index contributed by atoms with van der Waals surface area (Å²) in [6, 6.07) is 13.5. The van der Waals surface area contributed by atoms with Crippen LogP contribution in [0.25, 0.3) is 0 Å². The molecule has 1 aliphatic carbocycles. The Labute approximate surface area is 184 Å².